The lowest BCUT2D eigenvalue weighted by molar-refractivity contribution is -0.128. The van der Waals surface area contributed by atoms with Gasteiger partial charge >= 0.3 is 0 Å². The minimum atomic E-state index is 0.154. The van der Waals surface area contributed by atoms with E-state index < -0.39 is 0 Å². The molecule has 1 amide bonds. The maximum atomic E-state index is 11.4. The van der Waals surface area contributed by atoms with Gasteiger partial charge in [0.05, 0.1) is 6.54 Å². The third-order valence-corrected chi connectivity index (χ3v) is 3.39. The van der Waals surface area contributed by atoms with Crippen LogP contribution in [0.2, 0.25) is 0 Å². The summed E-state index contributed by atoms with van der Waals surface area (Å²) in [6.45, 7) is 9.83. The van der Waals surface area contributed by atoms with Gasteiger partial charge in [-0.1, -0.05) is 19.0 Å². The molecule has 0 bridgehead atoms. The second kappa shape index (κ2) is 6.14. The van der Waals surface area contributed by atoms with E-state index in [4.69, 9.17) is 4.52 Å². The van der Waals surface area contributed by atoms with Gasteiger partial charge in [-0.2, -0.15) is 4.98 Å². The molecular weight excluding hydrogens is 244 g/mol. The van der Waals surface area contributed by atoms with E-state index in [1.54, 1.807) is 6.92 Å². The normalized spacial score (nSPS) is 17.8. The molecule has 1 fully saturated rings. The Morgan fingerprint density at radius 2 is 2.11 bits per heavy atom. The molecule has 0 unspecified atom stereocenters. The monoisotopic (exact) mass is 266 g/mol. The predicted molar refractivity (Wildman–Crippen MR) is 70.5 cm³/mol. The summed E-state index contributed by atoms with van der Waals surface area (Å²) in [6.07, 6.45) is 0.991. The minimum absolute atomic E-state index is 0.154. The average molecular weight is 266 g/mol. The van der Waals surface area contributed by atoms with Crippen molar-refractivity contribution >= 4 is 5.91 Å². The van der Waals surface area contributed by atoms with Crippen molar-refractivity contribution in [3.05, 3.63) is 11.7 Å². The van der Waals surface area contributed by atoms with Gasteiger partial charge in [-0.25, -0.2) is 0 Å². The summed E-state index contributed by atoms with van der Waals surface area (Å²) in [5.41, 5.74) is 0. The Labute approximate surface area is 113 Å². The topological polar surface area (TPSA) is 62.5 Å². The highest BCUT2D eigenvalue weighted by Gasteiger charge is 2.19. The van der Waals surface area contributed by atoms with Crippen LogP contribution in [0.15, 0.2) is 4.52 Å². The van der Waals surface area contributed by atoms with Crippen molar-refractivity contribution in [1.82, 2.24) is 19.9 Å². The number of hydrogen-bond donors (Lipinski definition) is 0. The quantitative estimate of drug-likeness (QED) is 0.824. The summed E-state index contributed by atoms with van der Waals surface area (Å²) < 4.78 is 5.26. The second-order valence-electron chi connectivity index (χ2n) is 5.34. The van der Waals surface area contributed by atoms with Crippen molar-refractivity contribution in [2.45, 2.75) is 39.7 Å². The molecule has 1 aliphatic rings. The fourth-order valence-electron chi connectivity index (χ4n) is 2.20. The Kier molecular flexibility index (Phi) is 4.52. The summed E-state index contributed by atoms with van der Waals surface area (Å²) >= 11 is 0. The number of carbonyl (C=O) groups is 1. The fourth-order valence-corrected chi connectivity index (χ4v) is 2.20. The molecular formula is C13H22N4O2. The van der Waals surface area contributed by atoms with Crippen molar-refractivity contribution in [1.29, 1.82) is 0 Å². The third kappa shape index (κ3) is 3.76. The highest BCUT2D eigenvalue weighted by atomic mass is 16.5. The summed E-state index contributed by atoms with van der Waals surface area (Å²) in [6, 6.07) is 0. The molecule has 2 heterocycles. The van der Waals surface area contributed by atoms with Crippen molar-refractivity contribution < 1.29 is 9.32 Å². The van der Waals surface area contributed by atoms with Crippen LogP contribution in [0, 0.1) is 0 Å². The van der Waals surface area contributed by atoms with Gasteiger partial charge in [-0.3, -0.25) is 9.69 Å². The van der Waals surface area contributed by atoms with E-state index in [0.717, 1.165) is 38.4 Å². The van der Waals surface area contributed by atoms with E-state index in [0.29, 0.717) is 12.4 Å². The maximum absolute atomic E-state index is 11.4. The van der Waals surface area contributed by atoms with Gasteiger partial charge < -0.3 is 9.42 Å². The summed E-state index contributed by atoms with van der Waals surface area (Å²) in [4.78, 5) is 19.9. The van der Waals surface area contributed by atoms with Crippen LogP contribution in [-0.2, 0) is 11.3 Å². The lowest BCUT2D eigenvalue weighted by Gasteiger charge is -2.19. The molecule has 6 nitrogen and oxygen atoms in total. The molecule has 0 N–H and O–H groups in total. The number of hydrogen-bond acceptors (Lipinski definition) is 5. The second-order valence-corrected chi connectivity index (χ2v) is 5.34. The van der Waals surface area contributed by atoms with Crippen LogP contribution in [0.1, 0.15) is 44.8 Å². The van der Waals surface area contributed by atoms with Gasteiger partial charge in [0.2, 0.25) is 11.8 Å². The molecule has 1 aliphatic heterocycles. The van der Waals surface area contributed by atoms with Crippen LogP contribution < -0.4 is 0 Å². The van der Waals surface area contributed by atoms with E-state index in [1.165, 1.54) is 0 Å². The fraction of sp³-hybridized carbons (Fsp3) is 0.769. The van der Waals surface area contributed by atoms with Crippen LogP contribution in [-0.4, -0.2) is 52.0 Å². The summed E-state index contributed by atoms with van der Waals surface area (Å²) in [7, 11) is 0. The van der Waals surface area contributed by atoms with Crippen molar-refractivity contribution in [2.24, 2.45) is 0 Å². The SMILES string of the molecule is CC(=O)N1CCCN(Cc2nc(C(C)C)no2)CC1. The first kappa shape index (κ1) is 14.0. The predicted octanol–water partition coefficient (Wildman–Crippen LogP) is 1.25. The Balaban J connectivity index is 1.90. The molecule has 6 heteroatoms. The summed E-state index contributed by atoms with van der Waals surface area (Å²) in [5.74, 6) is 1.87. The Bertz CT molecular complexity index is 430. The minimum Gasteiger partial charge on any atom is -0.342 e. The molecule has 0 saturated carbocycles. The first-order valence-electron chi connectivity index (χ1n) is 6.86. The molecule has 19 heavy (non-hydrogen) atoms. The molecule has 0 aromatic carbocycles. The first-order chi connectivity index (χ1) is 9.06. The Morgan fingerprint density at radius 3 is 2.74 bits per heavy atom. The van der Waals surface area contributed by atoms with Gasteiger partial charge in [0.1, 0.15) is 0 Å². The zero-order valence-electron chi connectivity index (χ0n) is 11.9. The third-order valence-electron chi connectivity index (χ3n) is 3.39. The van der Waals surface area contributed by atoms with Crippen LogP contribution in [0.3, 0.4) is 0 Å². The number of aromatic nitrogens is 2. The first-order valence-corrected chi connectivity index (χ1v) is 6.86. The van der Waals surface area contributed by atoms with Crippen LogP contribution >= 0.6 is 0 Å². The molecule has 0 aliphatic carbocycles. The number of rotatable bonds is 3. The molecule has 0 spiro atoms. The van der Waals surface area contributed by atoms with Gasteiger partial charge in [0.15, 0.2) is 5.82 Å². The van der Waals surface area contributed by atoms with Gasteiger partial charge in [-0.05, 0) is 6.42 Å². The lowest BCUT2D eigenvalue weighted by atomic mass is 10.2. The molecule has 0 radical (unpaired) electrons. The maximum Gasteiger partial charge on any atom is 0.240 e. The number of carbonyl (C=O) groups excluding carboxylic acids is 1. The van der Waals surface area contributed by atoms with Crippen molar-refractivity contribution in [2.75, 3.05) is 26.2 Å². The standard InChI is InChI=1S/C13H22N4O2/c1-10(2)13-14-12(19-15-13)9-16-5-4-6-17(8-7-16)11(3)18/h10H,4-9H2,1-3H3. The van der Waals surface area contributed by atoms with Crippen LogP contribution in [0.4, 0.5) is 0 Å². The molecule has 1 aromatic rings. The molecule has 0 atom stereocenters. The largest absolute Gasteiger partial charge is 0.342 e. The van der Waals surface area contributed by atoms with E-state index in [-0.39, 0.29) is 11.8 Å². The Morgan fingerprint density at radius 1 is 1.32 bits per heavy atom. The molecule has 1 aromatic heterocycles. The van der Waals surface area contributed by atoms with Crippen LogP contribution in [0.5, 0.6) is 0 Å². The zero-order chi connectivity index (χ0) is 13.8. The molecule has 2 rings (SSSR count). The zero-order valence-corrected chi connectivity index (χ0v) is 11.9. The number of nitrogens with zero attached hydrogens (tertiary/aromatic N) is 4. The van der Waals surface area contributed by atoms with Gasteiger partial charge in [0, 0.05) is 39.0 Å². The van der Waals surface area contributed by atoms with E-state index >= 15 is 0 Å². The van der Waals surface area contributed by atoms with Gasteiger partial charge in [0.25, 0.3) is 0 Å². The van der Waals surface area contributed by atoms with Crippen LogP contribution in [0.25, 0.3) is 0 Å². The van der Waals surface area contributed by atoms with Crippen molar-refractivity contribution in [3.8, 4) is 0 Å². The van der Waals surface area contributed by atoms with Gasteiger partial charge in [-0.15, -0.1) is 0 Å². The number of amides is 1. The highest BCUT2D eigenvalue weighted by molar-refractivity contribution is 5.73. The van der Waals surface area contributed by atoms with E-state index in [9.17, 15) is 4.79 Å². The lowest BCUT2D eigenvalue weighted by Crippen LogP contribution is -2.33. The summed E-state index contributed by atoms with van der Waals surface area (Å²) in [5, 5.41) is 3.97. The van der Waals surface area contributed by atoms with E-state index in [2.05, 4.69) is 15.0 Å². The highest BCUT2D eigenvalue weighted by Crippen LogP contribution is 2.12. The van der Waals surface area contributed by atoms with E-state index in [1.807, 2.05) is 18.7 Å². The molecule has 106 valence electrons. The average Bonchev–Trinajstić information content (AvgIpc) is 2.68. The smallest absolute Gasteiger partial charge is 0.240 e. The molecule has 1 saturated heterocycles. The Hall–Kier alpha value is -1.43. The van der Waals surface area contributed by atoms with Crippen molar-refractivity contribution in [3.63, 3.8) is 0 Å².